The lowest BCUT2D eigenvalue weighted by Crippen LogP contribution is -2.08. The molecule has 82 valence electrons. The molecule has 0 spiro atoms. The van der Waals surface area contributed by atoms with E-state index in [1.165, 1.54) is 18.5 Å². The second kappa shape index (κ2) is 7.49. The van der Waals surface area contributed by atoms with Gasteiger partial charge in [0.1, 0.15) is 0 Å². The van der Waals surface area contributed by atoms with Crippen LogP contribution in [0.4, 0.5) is 0 Å². The third kappa shape index (κ3) is 7.18. The summed E-state index contributed by atoms with van der Waals surface area (Å²) in [4.78, 5) is 23.6. The quantitative estimate of drug-likeness (QED) is 0.779. The Kier molecular flexibility index (Phi) is 6.54. The molecule has 5 heteroatoms. The number of hydrogen-bond donors (Lipinski definition) is 2. The van der Waals surface area contributed by atoms with E-state index in [1.54, 1.807) is 6.07 Å². The maximum atomic E-state index is 10.2. The van der Waals surface area contributed by atoms with Crippen LogP contribution in [-0.2, 0) is 4.79 Å². The Morgan fingerprint density at radius 3 is 2.40 bits per heavy atom. The molecule has 0 radical (unpaired) electrons. The van der Waals surface area contributed by atoms with Crippen LogP contribution in [0.25, 0.3) is 0 Å². The molecule has 1 amide bonds. The number of nitrogens with two attached hydrogens (primary N) is 1. The minimum Gasteiger partial charge on any atom is -0.478 e. The molecular formula is C10H14N2O3. The van der Waals surface area contributed by atoms with E-state index in [9.17, 15) is 9.59 Å². The van der Waals surface area contributed by atoms with Crippen molar-refractivity contribution in [3.05, 3.63) is 30.1 Å². The lowest BCUT2D eigenvalue weighted by atomic mass is 10.3. The van der Waals surface area contributed by atoms with Gasteiger partial charge in [0.05, 0.1) is 5.56 Å². The van der Waals surface area contributed by atoms with E-state index >= 15 is 0 Å². The van der Waals surface area contributed by atoms with E-state index in [0.29, 0.717) is 6.42 Å². The Labute approximate surface area is 87.9 Å². The number of primary amides is 1. The monoisotopic (exact) mass is 210 g/mol. The van der Waals surface area contributed by atoms with Crippen LogP contribution in [0.1, 0.15) is 30.1 Å². The zero-order chi connectivity index (χ0) is 11.7. The Morgan fingerprint density at radius 1 is 1.53 bits per heavy atom. The first-order valence-electron chi connectivity index (χ1n) is 4.49. The molecule has 3 N–H and O–H groups in total. The highest BCUT2D eigenvalue weighted by Crippen LogP contribution is 1.92. The fraction of sp³-hybridized carbons (Fsp3) is 0.300. The summed E-state index contributed by atoms with van der Waals surface area (Å²) in [7, 11) is 0. The van der Waals surface area contributed by atoms with Crippen molar-refractivity contribution in [3.8, 4) is 0 Å². The molecule has 15 heavy (non-hydrogen) atoms. The molecule has 0 bridgehead atoms. The van der Waals surface area contributed by atoms with Crippen molar-refractivity contribution in [3.63, 3.8) is 0 Å². The molecule has 1 rings (SSSR count). The topological polar surface area (TPSA) is 93.3 Å². The SMILES string of the molecule is CCCC(N)=O.O=C(O)c1cccnc1. The van der Waals surface area contributed by atoms with Gasteiger partial charge in [-0.05, 0) is 18.6 Å². The molecule has 1 heterocycles. The molecule has 0 aliphatic heterocycles. The second-order valence-corrected chi connectivity index (χ2v) is 2.76. The number of pyridine rings is 1. The predicted molar refractivity (Wildman–Crippen MR) is 55.3 cm³/mol. The first-order valence-corrected chi connectivity index (χ1v) is 4.49. The van der Waals surface area contributed by atoms with Crippen molar-refractivity contribution < 1.29 is 14.7 Å². The van der Waals surface area contributed by atoms with E-state index in [1.807, 2.05) is 6.92 Å². The van der Waals surface area contributed by atoms with Gasteiger partial charge in [-0.3, -0.25) is 9.78 Å². The minimum absolute atomic E-state index is 0.211. The first kappa shape index (κ1) is 13.1. The number of carboxylic acids is 1. The van der Waals surface area contributed by atoms with E-state index in [-0.39, 0.29) is 11.5 Å². The zero-order valence-corrected chi connectivity index (χ0v) is 8.51. The van der Waals surface area contributed by atoms with Gasteiger partial charge < -0.3 is 10.8 Å². The molecule has 1 aromatic rings. The number of hydrogen-bond acceptors (Lipinski definition) is 3. The van der Waals surface area contributed by atoms with Crippen LogP contribution < -0.4 is 5.73 Å². The molecule has 0 fully saturated rings. The molecule has 5 nitrogen and oxygen atoms in total. The summed E-state index contributed by atoms with van der Waals surface area (Å²) in [5.74, 6) is -1.15. The van der Waals surface area contributed by atoms with E-state index < -0.39 is 5.97 Å². The molecular weight excluding hydrogens is 196 g/mol. The first-order chi connectivity index (χ1) is 7.07. The maximum Gasteiger partial charge on any atom is 0.337 e. The molecule has 0 atom stereocenters. The number of rotatable bonds is 3. The largest absolute Gasteiger partial charge is 0.478 e. The molecule has 0 aromatic carbocycles. The Bertz CT molecular complexity index is 312. The van der Waals surface area contributed by atoms with Crippen LogP contribution in [0.3, 0.4) is 0 Å². The van der Waals surface area contributed by atoms with Crippen molar-refractivity contribution >= 4 is 11.9 Å². The lowest BCUT2D eigenvalue weighted by molar-refractivity contribution is -0.118. The molecule has 0 saturated heterocycles. The van der Waals surface area contributed by atoms with E-state index in [4.69, 9.17) is 10.8 Å². The molecule has 0 unspecified atom stereocenters. The van der Waals surface area contributed by atoms with Crippen LogP contribution >= 0.6 is 0 Å². The minimum atomic E-state index is -0.942. The smallest absolute Gasteiger partial charge is 0.337 e. The van der Waals surface area contributed by atoms with Crippen LogP contribution in [0.15, 0.2) is 24.5 Å². The van der Waals surface area contributed by atoms with Gasteiger partial charge in [-0.1, -0.05) is 6.92 Å². The van der Waals surface area contributed by atoms with Crippen LogP contribution in [-0.4, -0.2) is 22.0 Å². The fourth-order valence-electron chi connectivity index (χ4n) is 0.736. The Balaban J connectivity index is 0.000000288. The van der Waals surface area contributed by atoms with Crippen molar-refractivity contribution in [2.45, 2.75) is 19.8 Å². The number of carbonyl (C=O) groups excluding carboxylic acids is 1. The average Bonchev–Trinajstić information content (AvgIpc) is 2.20. The summed E-state index contributed by atoms with van der Waals surface area (Å²) in [5, 5.41) is 8.34. The van der Waals surface area contributed by atoms with Crippen molar-refractivity contribution in [1.82, 2.24) is 4.98 Å². The number of amides is 1. The normalized spacial score (nSPS) is 8.60. The highest BCUT2D eigenvalue weighted by atomic mass is 16.4. The van der Waals surface area contributed by atoms with Crippen molar-refractivity contribution in [2.24, 2.45) is 5.73 Å². The van der Waals surface area contributed by atoms with Gasteiger partial charge in [0.25, 0.3) is 0 Å². The Hall–Kier alpha value is -1.91. The summed E-state index contributed by atoms with van der Waals surface area (Å²) in [6.07, 6.45) is 4.21. The number of nitrogens with zero attached hydrogens (tertiary/aromatic N) is 1. The number of aromatic nitrogens is 1. The summed E-state index contributed by atoms with van der Waals surface area (Å²) >= 11 is 0. The standard InChI is InChI=1S/C6H5NO2.C4H9NO/c8-6(9)5-2-1-3-7-4-5;1-2-3-4(5)6/h1-4H,(H,8,9);2-3H2,1H3,(H2,5,6). The van der Waals surface area contributed by atoms with Gasteiger partial charge in [0, 0.05) is 18.8 Å². The molecule has 0 saturated carbocycles. The fourth-order valence-corrected chi connectivity index (χ4v) is 0.736. The van der Waals surface area contributed by atoms with Gasteiger partial charge in [-0.15, -0.1) is 0 Å². The van der Waals surface area contributed by atoms with Crippen molar-refractivity contribution in [2.75, 3.05) is 0 Å². The van der Waals surface area contributed by atoms with Gasteiger partial charge in [0.2, 0.25) is 5.91 Å². The number of carboxylic acid groups (broad SMARTS) is 1. The summed E-state index contributed by atoms with van der Waals surface area (Å²) in [6.45, 7) is 1.92. The number of aromatic carboxylic acids is 1. The predicted octanol–water partition coefficient (Wildman–Crippen LogP) is 1.05. The number of carbonyl (C=O) groups is 2. The van der Waals surface area contributed by atoms with Crippen LogP contribution in [0, 0.1) is 0 Å². The van der Waals surface area contributed by atoms with Gasteiger partial charge in [-0.2, -0.15) is 0 Å². The van der Waals surface area contributed by atoms with Crippen LogP contribution in [0.5, 0.6) is 0 Å². The Morgan fingerprint density at radius 2 is 2.20 bits per heavy atom. The third-order valence-electron chi connectivity index (χ3n) is 1.40. The van der Waals surface area contributed by atoms with Gasteiger partial charge in [0.15, 0.2) is 0 Å². The zero-order valence-electron chi connectivity index (χ0n) is 8.51. The third-order valence-corrected chi connectivity index (χ3v) is 1.40. The molecule has 0 aliphatic rings. The average molecular weight is 210 g/mol. The van der Waals surface area contributed by atoms with E-state index in [2.05, 4.69) is 4.98 Å². The highest BCUT2D eigenvalue weighted by Gasteiger charge is 1.97. The molecule has 0 aliphatic carbocycles. The maximum absolute atomic E-state index is 10.2. The lowest BCUT2D eigenvalue weighted by Gasteiger charge is -1.87. The second-order valence-electron chi connectivity index (χ2n) is 2.76. The van der Waals surface area contributed by atoms with Gasteiger partial charge in [-0.25, -0.2) is 4.79 Å². The summed E-state index contributed by atoms with van der Waals surface area (Å²) in [5.41, 5.74) is 4.98. The van der Waals surface area contributed by atoms with Crippen LogP contribution in [0.2, 0.25) is 0 Å². The highest BCUT2D eigenvalue weighted by molar-refractivity contribution is 5.86. The molecule has 1 aromatic heterocycles. The summed E-state index contributed by atoms with van der Waals surface area (Å²) < 4.78 is 0. The van der Waals surface area contributed by atoms with E-state index in [0.717, 1.165) is 6.42 Å². The summed E-state index contributed by atoms with van der Waals surface area (Å²) in [6, 6.07) is 3.08. The van der Waals surface area contributed by atoms with Gasteiger partial charge >= 0.3 is 5.97 Å². The van der Waals surface area contributed by atoms with Crippen molar-refractivity contribution in [1.29, 1.82) is 0 Å².